The van der Waals surface area contributed by atoms with Gasteiger partial charge in [0.1, 0.15) is 0 Å². The summed E-state index contributed by atoms with van der Waals surface area (Å²) in [5.74, 6) is 0.133. The third-order valence-corrected chi connectivity index (χ3v) is 3.56. The molecule has 0 aliphatic carbocycles. The molecule has 1 saturated heterocycles. The van der Waals surface area contributed by atoms with E-state index in [1.165, 1.54) is 5.56 Å². The molecule has 1 amide bonds. The monoisotopic (exact) mass is 276 g/mol. The zero-order chi connectivity index (χ0) is 14.6. The van der Waals surface area contributed by atoms with Crippen LogP contribution < -0.4 is 5.32 Å². The lowest BCUT2D eigenvalue weighted by Gasteiger charge is -2.27. The van der Waals surface area contributed by atoms with Crippen molar-refractivity contribution in [1.82, 2.24) is 4.90 Å². The summed E-state index contributed by atoms with van der Waals surface area (Å²) in [5.41, 5.74) is 2.43. The number of nitrogens with zero attached hydrogens (tertiary/aromatic N) is 1. The molecule has 1 N–H and O–H groups in total. The smallest absolute Gasteiger partial charge is 0.242 e. The number of hydrogen-bond acceptors (Lipinski definition) is 3. The summed E-state index contributed by atoms with van der Waals surface area (Å²) in [6.07, 6.45) is 0. The first-order valence-electron chi connectivity index (χ1n) is 7.17. The normalized spacial score (nSPS) is 16.1. The highest BCUT2D eigenvalue weighted by Gasteiger charge is 2.16. The lowest BCUT2D eigenvalue weighted by molar-refractivity contribution is -0.133. The Morgan fingerprint density at radius 3 is 2.35 bits per heavy atom. The Hall–Kier alpha value is -1.55. The Morgan fingerprint density at radius 2 is 1.80 bits per heavy atom. The van der Waals surface area contributed by atoms with Crippen molar-refractivity contribution in [3.8, 4) is 0 Å². The SMILES string of the molecule is CC(C)(C)c1ccc(NCC(=O)N2CCOCC2)cc1. The molecule has 1 fully saturated rings. The summed E-state index contributed by atoms with van der Waals surface area (Å²) in [6.45, 7) is 9.60. The van der Waals surface area contributed by atoms with Crippen molar-refractivity contribution >= 4 is 11.6 Å². The fraction of sp³-hybridized carbons (Fsp3) is 0.562. The van der Waals surface area contributed by atoms with Crippen molar-refractivity contribution in [1.29, 1.82) is 0 Å². The van der Waals surface area contributed by atoms with Gasteiger partial charge in [-0.25, -0.2) is 0 Å². The van der Waals surface area contributed by atoms with Crippen molar-refractivity contribution in [3.05, 3.63) is 29.8 Å². The van der Waals surface area contributed by atoms with Crippen LogP contribution in [0.25, 0.3) is 0 Å². The number of benzene rings is 1. The number of morpholine rings is 1. The van der Waals surface area contributed by atoms with E-state index in [0.29, 0.717) is 32.8 Å². The molecule has 4 nitrogen and oxygen atoms in total. The average Bonchev–Trinajstić information content (AvgIpc) is 2.45. The molecule has 0 atom stereocenters. The Bertz CT molecular complexity index is 443. The first-order chi connectivity index (χ1) is 9.47. The van der Waals surface area contributed by atoms with Crippen LogP contribution in [0.5, 0.6) is 0 Å². The predicted octanol–water partition coefficient (Wildman–Crippen LogP) is 2.25. The van der Waals surface area contributed by atoms with Crippen LogP contribution in [0.4, 0.5) is 5.69 Å². The molecule has 0 spiro atoms. The average molecular weight is 276 g/mol. The van der Waals surface area contributed by atoms with E-state index in [-0.39, 0.29) is 11.3 Å². The van der Waals surface area contributed by atoms with Gasteiger partial charge in [-0.3, -0.25) is 4.79 Å². The summed E-state index contributed by atoms with van der Waals surface area (Å²) in [7, 11) is 0. The van der Waals surface area contributed by atoms with Crippen LogP contribution in [0.15, 0.2) is 24.3 Å². The maximum atomic E-state index is 12.0. The Balaban J connectivity index is 1.86. The van der Waals surface area contributed by atoms with Gasteiger partial charge in [-0.15, -0.1) is 0 Å². The number of carbonyl (C=O) groups excluding carboxylic acids is 1. The predicted molar refractivity (Wildman–Crippen MR) is 81.0 cm³/mol. The zero-order valence-electron chi connectivity index (χ0n) is 12.6. The highest BCUT2D eigenvalue weighted by atomic mass is 16.5. The first kappa shape index (κ1) is 14.9. The molecule has 0 radical (unpaired) electrons. The second kappa shape index (κ2) is 6.27. The molecule has 1 aromatic rings. The van der Waals surface area contributed by atoms with E-state index in [1.54, 1.807) is 0 Å². The summed E-state index contributed by atoms with van der Waals surface area (Å²) in [6, 6.07) is 8.30. The number of amides is 1. The van der Waals surface area contributed by atoms with Crippen molar-refractivity contribution in [2.75, 3.05) is 38.2 Å². The standard InChI is InChI=1S/C16H24N2O2/c1-16(2,3)13-4-6-14(7-5-13)17-12-15(19)18-8-10-20-11-9-18/h4-7,17H,8-12H2,1-3H3. The van der Waals surface area contributed by atoms with Gasteiger partial charge in [-0.05, 0) is 23.1 Å². The van der Waals surface area contributed by atoms with E-state index >= 15 is 0 Å². The fourth-order valence-electron chi connectivity index (χ4n) is 2.19. The molecule has 0 bridgehead atoms. The van der Waals surface area contributed by atoms with Crippen molar-refractivity contribution in [3.63, 3.8) is 0 Å². The molecule has 1 heterocycles. The molecule has 0 saturated carbocycles. The summed E-state index contributed by atoms with van der Waals surface area (Å²) < 4.78 is 5.24. The number of hydrogen-bond donors (Lipinski definition) is 1. The molecule has 4 heteroatoms. The van der Waals surface area contributed by atoms with Gasteiger partial charge in [-0.1, -0.05) is 32.9 Å². The maximum Gasteiger partial charge on any atom is 0.242 e. The Kier molecular flexibility index (Phi) is 4.65. The van der Waals surface area contributed by atoms with Crippen LogP contribution in [0, 0.1) is 0 Å². The molecule has 1 aromatic carbocycles. The number of anilines is 1. The minimum atomic E-state index is 0.133. The van der Waals surface area contributed by atoms with Gasteiger partial charge in [0.15, 0.2) is 0 Å². The van der Waals surface area contributed by atoms with Crippen LogP contribution in [-0.2, 0) is 14.9 Å². The largest absolute Gasteiger partial charge is 0.378 e. The van der Waals surface area contributed by atoms with Crippen LogP contribution in [-0.4, -0.2) is 43.7 Å². The van der Waals surface area contributed by atoms with Gasteiger partial charge in [0, 0.05) is 18.8 Å². The summed E-state index contributed by atoms with van der Waals surface area (Å²) >= 11 is 0. The van der Waals surface area contributed by atoms with E-state index in [0.717, 1.165) is 5.69 Å². The second-order valence-corrected chi connectivity index (χ2v) is 6.17. The van der Waals surface area contributed by atoms with Gasteiger partial charge in [0.25, 0.3) is 0 Å². The molecular formula is C16H24N2O2. The zero-order valence-corrected chi connectivity index (χ0v) is 12.6. The van der Waals surface area contributed by atoms with Gasteiger partial charge < -0.3 is 15.0 Å². The van der Waals surface area contributed by atoms with Crippen LogP contribution in [0.2, 0.25) is 0 Å². The molecule has 1 aliphatic heterocycles. The molecule has 110 valence electrons. The molecule has 2 rings (SSSR count). The van der Waals surface area contributed by atoms with Gasteiger partial charge in [0.05, 0.1) is 19.8 Å². The third kappa shape index (κ3) is 3.97. The molecular weight excluding hydrogens is 252 g/mol. The van der Waals surface area contributed by atoms with E-state index in [9.17, 15) is 4.79 Å². The van der Waals surface area contributed by atoms with Crippen LogP contribution >= 0.6 is 0 Å². The number of carbonyl (C=O) groups is 1. The van der Waals surface area contributed by atoms with Crippen LogP contribution in [0.1, 0.15) is 26.3 Å². The minimum absolute atomic E-state index is 0.133. The van der Waals surface area contributed by atoms with E-state index < -0.39 is 0 Å². The van der Waals surface area contributed by atoms with Crippen molar-refractivity contribution < 1.29 is 9.53 Å². The second-order valence-electron chi connectivity index (χ2n) is 6.17. The highest BCUT2D eigenvalue weighted by Crippen LogP contribution is 2.23. The quantitative estimate of drug-likeness (QED) is 0.920. The molecule has 20 heavy (non-hydrogen) atoms. The first-order valence-corrected chi connectivity index (χ1v) is 7.17. The fourth-order valence-corrected chi connectivity index (χ4v) is 2.19. The Labute approximate surface area is 121 Å². The van der Waals surface area contributed by atoms with Gasteiger partial charge >= 0.3 is 0 Å². The van der Waals surface area contributed by atoms with E-state index in [4.69, 9.17) is 4.74 Å². The minimum Gasteiger partial charge on any atom is -0.378 e. The van der Waals surface area contributed by atoms with E-state index in [2.05, 4.69) is 38.2 Å². The van der Waals surface area contributed by atoms with Crippen molar-refractivity contribution in [2.24, 2.45) is 0 Å². The summed E-state index contributed by atoms with van der Waals surface area (Å²) in [5, 5.41) is 3.19. The van der Waals surface area contributed by atoms with Crippen molar-refractivity contribution in [2.45, 2.75) is 26.2 Å². The van der Waals surface area contributed by atoms with Crippen LogP contribution in [0.3, 0.4) is 0 Å². The topological polar surface area (TPSA) is 41.6 Å². The molecule has 1 aliphatic rings. The lowest BCUT2D eigenvalue weighted by Crippen LogP contribution is -2.43. The maximum absolute atomic E-state index is 12.0. The van der Waals surface area contributed by atoms with E-state index in [1.807, 2.05) is 17.0 Å². The van der Waals surface area contributed by atoms with Gasteiger partial charge in [0.2, 0.25) is 5.91 Å². The number of ether oxygens (including phenoxy) is 1. The number of rotatable bonds is 3. The molecule has 0 aromatic heterocycles. The molecule has 0 unspecified atom stereocenters. The summed E-state index contributed by atoms with van der Waals surface area (Å²) in [4.78, 5) is 13.9. The highest BCUT2D eigenvalue weighted by molar-refractivity contribution is 5.81. The Morgan fingerprint density at radius 1 is 1.20 bits per heavy atom. The lowest BCUT2D eigenvalue weighted by atomic mass is 9.87. The third-order valence-electron chi connectivity index (χ3n) is 3.56. The number of nitrogens with one attached hydrogen (secondary N) is 1. The van der Waals surface area contributed by atoms with Gasteiger partial charge in [-0.2, -0.15) is 0 Å².